The van der Waals surface area contributed by atoms with Crippen LogP contribution in [-0.2, 0) is 17.7 Å². The standard InChI is InChI=1S/C20H20N4O/c1-2-4-16-14(3-1)15-7-8-23(10-17(15)22-16)13-5-6-20(21-9-13)24-11-19-18(24)12-25-19/h1-6,9,18-19,22H,7-8,10-12H2/t18?,19-/m0/s1. The molecule has 3 aromatic rings. The number of pyridine rings is 1. The molecule has 0 amide bonds. The maximum atomic E-state index is 5.48. The van der Waals surface area contributed by atoms with Crippen molar-refractivity contribution in [3.8, 4) is 0 Å². The van der Waals surface area contributed by atoms with Crippen LogP contribution in [0.4, 0.5) is 11.5 Å². The highest BCUT2D eigenvalue weighted by Crippen LogP contribution is 2.35. The van der Waals surface area contributed by atoms with E-state index in [0.717, 1.165) is 38.5 Å². The van der Waals surface area contributed by atoms with E-state index in [9.17, 15) is 0 Å². The molecule has 126 valence electrons. The van der Waals surface area contributed by atoms with Crippen LogP contribution in [0.25, 0.3) is 10.9 Å². The Bertz CT molecular complexity index is 948. The lowest BCUT2D eigenvalue weighted by molar-refractivity contribution is -0.113. The molecule has 5 heteroatoms. The summed E-state index contributed by atoms with van der Waals surface area (Å²) in [4.78, 5) is 13.1. The third-order valence-electron chi connectivity index (χ3n) is 5.96. The molecule has 0 bridgehead atoms. The van der Waals surface area contributed by atoms with Crippen molar-refractivity contribution in [3.63, 3.8) is 0 Å². The first-order valence-electron chi connectivity index (χ1n) is 9.04. The largest absolute Gasteiger partial charge is 0.372 e. The number of rotatable bonds is 2. The number of aromatic amines is 1. The zero-order valence-electron chi connectivity index (χ0n) is 14.0. The molecule has 6 rings (SSSR count). The number of H-pyrrole nitrogens is 1. The number of fused-ring (bicyclic) bond motifs is 4. The van der Waals surface area contributed by atoms with Crippen LogP contribution in [0.5, 0.6) is 0 Å². The molecule has 1 unspecified atom stereocenters. The maximum Gasteiger partial charge on any atom is 0.129 e. The zero-order chi connectivity index (χ0) is 16.4. The predicted molar refractivity (Wildman–Crippen MR) is 98.2 cm³/mol. The first-order chi connectivity index (χ1) is 12.4. The van der Waals surface area contributed by atoms with Crippen LogP contribution in [0.1, 0.15) is 11.3 Å². The second-order valence-corrected chi connectivity index (χ2v) is 7.27. The van der Waals surface area contributed by atoms with Crippen molar-refractivity contribution in [3.05, 3.63) is 53.9 Å². The lowest BCUT2D eigenvalue weighted by Crippen LogP contribution is -2.71. The Morgan fingerprint density at radius 2 is 2.12 bits per heavy atom. The van der Waals surface area contributed by atoms with Gasteiger partial charge in [-0.25, -0.2) is 4.98 Å². The van der Waals surface area contributed by atoms with E-state index in [1.54, 1.807) is 0 Å². The second-order valence-electron chi connectivity index (χ2n) is 7.27. The number of benzene rings is 1. The first-order valence-corrected chi connectivity index (χ1v) is 9.04. The minimum Gasteiger partial charge on any atom is -0.372 e. The molecule has 0 saturated carbocycles. The predicted octanol–water partition coefficient (Wildman–Crippen LogP) is 2.71. The molecular formula is C20H20N4O. The molecule has 5 heterocycles. The first kappa shape index (κ1) is 13.7. The number of nitrogens with one attached hydrogen (secondary N) is 1. The number of nitrogens with zero attached hydrogens (tertiary/aromatic N) is 3. The van der Waals surface area contributed by atoms with E-state index >= 15 is 0 Å². The van der Waals surface area contributed by atoms with Gasteiger partial charge < -0.3 is 19.5 Å². The summed E-state index contributed by atoms with van der Waals surface area (Å²) in [6.45, 7) is 3.80. The van der Waals surface area contributed by atoms with Gasteiger partial charge in [0.1, 0.15) is 5.82 Å². The molecule has 3 aliphatic heterocycles. The molecule has 25 heavy (non-hydrogen) atoms. The van der Waals surface area contributed by atoms with Gasteiger partial charge in [0, 0.05) is 29.7 Å². The van der Waals surface area contributed by atoms with Gasteiger partial charge in [0.25, 0.3) is 0 Å². The molecule has 0 radical (unpaired) electrons. The smallest absolute Gasteiger partial charge is 0.129 e. The third-order valence-corrected chi connectivity index (χ3v) is 5.96. The highest BCUT2D eigenvalue weighted by Gasteiger charge is 2.47. The van der Waals surface area contributed by atoms with Gasteiger partial charge in [0.15, 0.2) is 0 Å². The average Bonchev–Trinajstić information content (AvgIpc) is 3.02. The van der Waals surface area contributed by atoms with Crippen LogP contribution in [-0.4, -0.2) is 41.8 Å². The molecule has 2 fully saturated rings. The summed E-state index contributed by atoms with van der Waals surface area (Å²) in [5, 5.41) is 1.38. The van der Waals surface area contributed by atoms with Gasteiger partial charge in [-0.15, -0.1) is 0 Å². The molecule has 1 N–H and O–H groups in total. The van der Waals surface area contributed by atoms with Crippen molar-refractivity contribution in [1.82, 2.24) is 9.97 Å². The summed E-state index contributed by atoms with van der Waals surface area (Å²) in [6.07, 6.45) is 3.55. The van der Waals surface area contributed by atoms with E-state index in [4.69, 9.17) is 9.72 Å². The fraction of sp³-hybridized carbons (Fsp3) is 0.350. The highest BCUT2D eigenvalue weighted by molar-refractivity contribution is 5.85. The van der Waals surface area contributed by atoms with Crippen molar-refractivity contribution in [2.24, 2.45) is 0 Å². The number of hydrogen-bond acceptors (Lipinski definition) is 4. The lowest BCUT2D eigenvalue weighted by Gasteiger charge is -2.55. The Labute approximate surface area is 146 Å². The number of para-hydroxylation sites is 1. The zero-order valence-corrected chi connectivity index (χ0v) is 14.0. The molecule has 2 atom stereocenters. The summed E-state index contributed by atoms with van der Waals surface area (Å²) < 4.78 is 5.48. The van der Waals surface area contributed by atoms with Gasteiger partial charge in [-0.2, -0.15) is 0 Å². The SMILES string of the molecule is c1ccc2c3c([nH]c2c1)CN(c1ccc(N2C[C@@H]4OCC42)nc1)CC3. The van der Waals surface area contributed by atoms with Crippen molar-refractivity contribution < 1.29 is 4.74 Å². The van der Waals surface area contributed by atoms with Gasteiger partial charge in [-0.3, -0.25) is 0 Å². The van der Waals surface area contributed by atoms with Gasteiger partial charge in [0.2, 0.25) is 0 Å². The lowest BCUT2D eigenvalue weighted by atomic mass is 9.95. The fourth-order valence-corrected chi connectivity index (χ4v) is 4.39. The number of hydrogen-bond donors (Lipinski definition) is 1. The van der Waals surface area contributed by atoms with Crippen LogP contribution in [0.15, 0.2) is 42.6 Å². The number of anilines is 2. The Kier molecular flexibility index (Phi) is 2.74. The second kappa shape index (κ2) is 4.99. The van der Waals surface area contributed by atoms with E-state index in [0.29, 0.717) is 12.1 Å². The highest BCUT2D eigenvalue weighted by atomic mass is 16.5. The molecule has 2 saturated heterocycles. The number of morpholine rings is 1. The molecular weight excluding hydrogens is 312 g/mol. The Morgan fingerprint density at radius 3 is 2.88 bits per heavy atom. The summed E-state index contributed by atoms with van der Waals surface area (Å²) in [7, 11) is 0. The van der Waals surface area contributed by atoms with Crippen LogP contribution >= 0.6 is 0 Å². The monoisotopic (exact) mass is 332 g/mol. The minimum absolute atomic E-state index is 0.448. The Balaban J connectivity index is 1.25. The molecule has 5 nitrogen and oxygen atoms in total. The van der Waals surface area contributed by atoms with Crippen LogP contribution in [0.3, 0.4) is 0 Å². The third kappa shape index (κ3) is 1.96. The normalized spacial score (nSPS) is 24.5. The van der Waals surface area contributed by atoms with Gasteiger partial charge in [-0.1, -0.05) is 18.2 Å². The van der Waals surface area contributed by atoms with E-state index in [1.165, 1.54) is 27.8 Å². The molecule has 0 aliphatic carbocycles. The van der Waals surface area contributed by atoms with Crippen molar-refractivity contribution in [2.45, 2.75) is 25.1 Å². The van der Waals surface area contributed by atoms with Crippen LogP contribution in [0, 0.1) is 0 Å². The molecule has 2 aromatic heterocycles. The van der Waals surface area contributed by atoms with Crippen molar-refractivity contribution >= 4 is 22.4 Å². The number of ether oxygens (including phenoxy) is 1. The average molecular weight is 332 g/mol. The molecule has 0 spiro atoms. The van der Waals surface area contributed by atoms with Crippen LogP contribution < -0.4 is 9.80 Å². The number of aromatic nitrogens is 2. The summed E-state index contributed by atoms with van der Waals surface area (Å²) in [5.74, 6) is 1.08. The van der Waals surface area contributed by atoms with E-state index in [-0.39, 0.29) is 0 Å². The summed E-state index contributed by atoms with van der Waals surface area (Å²) >= 11 is 0. The fourth-order valence-electron chi connectivity index (χ4n) is 4.39. The Hall–Kier alpha value is -2.53. The van der Waals surface area contributed by atoms with Crippen LogP contribution in [0.2, 0.25) is 0 Å². The molecule has 1 aromatic carbocycles. The quantitative estimate of drug-likeness (QED) is 0.784. The Morgan fingerprint density at radius 1 is 1.16 bits per heavy atom. The van der Waals surface area contributed by atoms with Gasteiger partial charge >= 0.3 is 0 Å². The summed E-state index contributed by atoms with van der Waals surface area (Å²) in [5.41, 5.74) is 5.27. The minimum atomic E-state index is 0.448. The van der Waals surface area contributed by atoms with Crippen molar-refractivity contribution in [1.29, 1.82) is 0 Å². The van der Waals surface area contributed by atoms with E-state index < -0.39 is 0 Å². The van der Waals surface area contributed by atoms with E-state index in [1.807, 2.05) is 6.20 Å². The summed E-state index contributed by atoms with van der Waals surface area (Å²) in [6, 6.07) is 13.5. The van der Waals surface area contributed by atoms with Gasteiger partial charge in [-0.05, 0) is 30.2 Å². The van der Waals surface area contributed by atoms with E-state index in [2.05, 4.69) is 51.2 Å². The van der Waals surface area contributed by atoms with Crippen molar-refractivity contribution in [2.75, 3.05) is 29.5 Å². The van der Waals surface area contributed by atoms with Gasteiger partial charge in [0.05, 0.1) is 37.2 Å². The maximum absolute atomic E-state index is 5.48. The molecule has 3 aliphatic rings. The topological polar surface area (TPSA) is 44.4 Å².